The van der Waals surface area contributed by atoms with Gasteiger partial charge < -0.3 is 19.0 Å². The van der Waals surface area contributed by atoms with Crippen LogP contribution < -0.4 is 9.80 Å². The molecule has 5 rings (SSSR count). The number of ether oxygens (including phenoxy) is 1. The molecule has 1 saturated heterocycles. The molecule has 0 aliphatic carbocycles. The zero-order valence-corrected chi connectivity index (χ0v) is 21.8. The molecular formula is C28H29F3N4O4. The summed E-state index contributed by atoms with van der Waals surface area (Å²) in [6, 6.07) is 8.77. The van der Waals surface area contributed by atoms with Crippen LogP contribution in [0.4, 0.5) is 25.0 Å². The van der Waals surface area contributed by atoms with E-state index in [9.17, 15) is 22.8 Å². The average molecular weight is 543 g/mol. The lowest BCUT2D eigenvalue weighted by molar-refractivity contribution is -0.141. The molecule has 0 bridgehead atoms. The van der Waals surface area contributed by atoms with Crippen molar-refractivity contribution in [2.45, 2.75) is 45.3 Å². The molecule has 1 unspecified atom stereocenters. The molecule has 2 aromatic heterocycles. The minimum Gasteiger partial charge on any atom is -0.465 e. The lowest BCUT2D eigenvalue weighted by Crippen LogP contribution is -2.34. The highest BCUT2D eigenvalue weighted by Crippen LogP contribution is 2.36. The molecule has 0 amide bonds. The van der Waals surface area contributed by atoms with Gasteiger partial charge in [0.15, 0.2) is 5.69 Å². The van der Waals surface area contributed by atoms with Crippen molar-refractivity contribution < 1.29 is 31.9 Å². The number of hydrogen-bond acceptors (Lipinski definition) is 8. The first-order valence-corrected chi connectivity index (χ1v) is 12.9. The quantitative estimate of drug-likeness (QED) is 0.314. The summed E-state index contributed by atoms with van der Waals surface area (Å²) >= 11 is 0. The van der Waals surface area contributed by atoms with E-state index in [0.717, 1.165) is 24.0 Å². The number of piperidine rings is 1. The van der Waals surface area contributed by atoms with Gasteiger partial charge in [-0.25, -0.2) is 9.78 Å². The van der Waals surface area contributed by atoms with E-state index in [-0.39, 0.29) is 18.4 Å². The predicted molar refractivity (Wildman–Crippen MR) is 137 cm³/mol. The van der Waals surface area contributed by atoms with Gasteiger partial charge in [0.2, 0.25) is 11.5 Å². The molecule has 3 aromatic rings. The fourth-order valence-corrected chi connectivity index (χ4v) is 5.27. The van der Waals surface area contributed by atoms with Gasteiger partial charge in [-0.15, -0.1) is 0 Å². The lowest BCUT2D eigenvalue weighted by atomic mass is 9.94. The molecule has 8 nitrogen and oxygen atoms in total. The zero-order chi connectivity index (χ0) is 27.7. The molecule has 1 fully saturated rings. The largest absolute Gasteiger partial charge is 0.465 e. The van der Waals surface area contributed by atoms with Crippen LogP contribution in [0.1, 0.15) is 63.1 Å². The molecule has 206 valence electrons. The van der Waals surface area contributed by atoms with Gasteiger partial charge in [-0.05, 0) is 54.0 Å². The monoisotopic (exact) mass is 542 g/mol. The Morgan fingerprint density at radius 3 is 2.67 bits per heavy atom. The van der Waals surface area contributed by atoms with Gasteiger partial charge in [0.25, 0.3) is 6.01 Å². The number of alkyl halides is 3. The van der Waals surface area contributed by atoms with Gasteiger partial charge in [-0.3, -0.25) is 4.79 Å². The third-order valence-electron chi connectivity index (χ3n) is 7.23. The average Bonchev–Trinajstić information content (AvgIpc) is 3.39. The summed E-state index contributed by atoms with van der Waals surface area (Å²) in [5.74, 6) is -0.980. The second kappa shape index (κ2) is 10.7. The van der Waals surface area contributed by atoms with Gasteiger partial charge >= 0.3 is 12.1 Å². The summed E-state index contributed by atoms with van der Waals surface area (Å²) < 4.78 is 51.5. The number of rotatable bonds is 6. The number of oxazole rings is 1. The van der Waals surface area contributed by atoms with E-state index in [2.05, 4.69) is 9.97 Å². The van der Waals surface area contributed by atoms with Crippen LogP contribution in [0.2, 0.25) is 0 Å². The Balaban J connectivity index is 1.30. The normalized spacial score (nSPS) is 17.6. The van der Waals surface area contributed by atoms with Crippen molar-refractivity contribution in [3.8, 4) is 0 Å². The highest BCUT2D eigenvalue weighted by molar-refractivity contribution is 5.96. The van der Waals surface area contributed by atoms with E-state index in [1.54, 1.807) is 23.1 Å². The summed E-state index contributed by atoms with van der Waals surface area (Å²) in [6.45, 7) is 4.24. The summed E-state index contributed by atoms with van der Waals surface area (Å²) in [7, 11) is 1.35. The van der Waals surface area contributed by atoms with Crippen LogP contribution in [0, 0.1) is 5.92 Å². The van der Waals surface area contributed by atoms with E-state index in [0.29, 0.717) is 55.5 Å². The highest BCUT2D eigenvalue weighted by atomic mass is 19.4. The topological polar surface area (TPSA) is 88.8 Å². The number of hydrogen-bond donors (Lipinski definition) is 0. The van der Waals surface area contributed by atoms with Crippen LogP contribution in [0.15, 0.2) is 40.9 Å². The number of aromatic nitrogens is 2. The first kappa shape index (κ1) is 26.7. The Hall–Kier alpha value is -3.89. The van der Waals surface area contributed by atoms with Gasteiger partial charge in [-0.1, -0.05) is 25.1 Å². The number of pyridine rings is 1. The molecule has 1 atom stereocenters. The number of anilines is 2. The fourth-order valence-electron chi connectivity index (χ4n) is 5.27. The minimum atomic E-state index is -4.81. The Kier molecular flexibility index (Phi) is 7.33. The number of carbonyl (C=O) groups is 2. The van der Waals surface area contributed by atoms with Crippen LogP contribution >= 0.6 is 0 Å². The van der Waals surface area contributed by atoms with Gasteiger partial charge in [0.05, 0.1) is 12.7 Å². The van der Waals surface area contributed by atoms with E-state index < -0.39 is 23.4 Å². The number of halogens is 3. The second-order valence-electron chi connectivity index (χ2n) is 10.1. The summed E-state index contributed by atoms with van der Waals surface area (Å²) in [5, 5.41) is 0. The van der Waals surface area contributed by atoms with Crippen molar-refractivity contribution in [3.63, 3.8) is 0 Å². The maximum Gasteiger partial charge on any atom is 0.437 e. The van der Waals surface area contributed by atoms with Crippen LogP contribution in [-0.4, -0.2) is 48.5 Å². The molecule has 2 aliphatic heterocycles. The second-order valence-corrected chi connectivity index (χ2v) is 10.1. The number of ketones is 1. The number of fused-ring (bicyclic) bond motifs is 1. The van der Waals surface area contributed by atoms with Crippen LogP contribution in [0.25, 0.3) is 0 Å². The summed E-state index contributed by atoms with van der Waals surface area (Å²) in [4.78, 5) is 36.9. The Morgan fingerprint density at radius 2 is 1.97 bits per heavy atom. The van der Waals surface area contributed by atoms with Gasteiger partial charge in [-0.2, -0.15) is 18.2 Å². The molecule has 39 heavy (non-hydrogen) atoms. The smallest absolute Gasteiger partial charge is 0.437 e. The molecule has 11 heteroatoms. The number of Topliss-reactive ketones (excluding diaryl/α,β-unsaturated/α-hetero) is 1. The van der Waals surface area contributed by atoms with Crippen LogP contribution in [-0.2, 0) is 30.3 Å². The zero-order valence-electron chi connectivity index (χ0n) is 21.8. The highest BCUT2D eigenvalue weighted by Gasteiger charge is 2.42. The molecule has 1 aromatic carbocycles. The van der Waals surface area contributed by atoms with Crippen molar-refractivity contribution in [2.75, 3.05) is 36.5 Å². The molecule has 0 spiro atoms. The maximum absolute atomic E-state index is 13.7. The first-order chi connectivity index (χ1) is 18.6. The fraction of sp³-hybridized carbons (Fsp3) is 0.429. The van der Waals surface area contributed by atoms with Gasteiger partial charge in [0.1, 0.15) is 5.82 Å². The summed E-state index contributed by atoms with van der Waals surface area (Å²) in [5.41, 5.74) is 1.68. The van der Waals surface area contributed by atoms with Crippen molar-refractivity contribution in [1.82, 2.24) is 9.97 Å². The Labute approximate surface area is 223 Å². The van der Waals surface area contributed by atoms with Crippen molar-refractivity contribution >= 4 is 23.6 Å². The molecule has 4 heterocycles. The Bertz CT molecular complexity index is 1370. The number of benzene rings is 1. The number of methoxy groups -OCH3 is 1. The van der Waals surface area contributed by atoms with Crippen molar-refractivity contribution in [2.24, 2.45) is 5.92 Å². The third-order valence-corrected chi connectivity index (χ3v) is 7.23. The maximum atomic E-state index is 13.7. The van der Waals surface area contributed by atoms with Crippen LogP contribution in [0.5, 0.6) is 0 Å². The lowest BCUT2D eigenvalue weighted by Gasteiger charge is -2.30. The first-order valence-electron chi connectivity index (χ1n) is 12.9. The Morgan fingerprint density at radius 1 is 1.15 bits per heavy atom. The number of esters is 1. The molecule has 2 aliphatic rings. The minimum absolute atomic E-state index is 0.161. The molecule has 0 saturated carbocycles. The SMILES string of the molecule is COC(=O)c1cccc2c1CCN(c1ccc(CC(=O)c3oc(N4CCCC(C)C4)nc3C(F)(F)F)cn1)C2. The van der Waals surface area contributed by atoms with Crippen LogP contribution in [0.3, 0.4) is 0 Å². The van der Waals surface area contributed by atoms with Crippen molar-refractivity contribution in [3.05, 3.63) is 70.2 Å². The van der Waals surface area contributed by atoms with Crippen molar-refractivity contribution in [1.29, 1.82) is 0 Å². The van der Waals surface area contributed by atoms with E-state index in [1.807, 2.05) is 24.0 Å². The van der Waals surface area contributed by atoms with E-state index in [1.165, 1.54) is 13.3 Å². The number of nitrogens with zero attached hydrogens (tertiary/aromatic N) is 4. The molecule has 0 N–H and O–H groups in total. The summed E-state index contributed by atoms with van der Waals surface area (Å²) in [6.07, 6.45) is -1.18. The third kappa shape index (κ3) is 5.62. The van der Waals surface area contributed by atoms with E-state index >= 15 is 0 Å². The van der Waals surface area contributed by atoms with Gasteiger partial charge in [0, 0.05) is 38.8 Å². The standard InChI is InChI=1S/C28H29F3N4O4/c1-17-5-4-11-35(15-17)27-33-25(28(29,30)31)24(39-27)22(36)13-18-8-9-23(32-14-18)34-12-10-20-19(16-34)6-3-7-21(20)26(37)38-2/h3,6-9,14,17H,4-5,10-13,15-16H2,1-2H3. The molecule has 0 radical (unpaired) electrons. The van der Waals surface area contributed by atoms with E-state index in [4.69, 9.17) is 9.15 Å². The number of carbonyl (C=O) groups excluding carboxylic acids is 2. The molecular weight excluding hydrogens is 513 g/mol. The predicted octanol–water partition coefficient (Wildman–Crippen LogP) is 5.10.